The third kappa shape index (κ3) is 6.51. The van der Waals surface area contributed by atoms with E-state index in [1.807, 2.05) is 32.9 Å². The molecule has 0 amide bonds. The molecular formula is C31H31ClN4O7. The van der Waals surface area contributed by atoms with Gasteiger partial charge in [0.05, 0.1) is 35.8 Å². The van der Waals surface area contributed by atoms with Crippen LogP contribution >= 0.6 is 11.6 Å². The quantitative estimate of drug-likeness (QED) is 0.0891. The molecule has 0 fully saturated rings. The predicted octanol–water partition coefficient (Wildman–Crippen LogP) is 6.28. The van der Waals surface area contributed by atoms with Gasteiger partial charge >= 0.3 is 11.7 Å². The van der Waals surface area contributed by atoms with Gasteiger partial charge in [0.25, 0.3) is 5.56 Å². The van der Waals surface area contributed by atoms with Crippen LogP contribution in [-0.2, 0) is 9.53 Å². The Labute approximate surface area is 252 Å². The Balaban J connectivity index is 1.97. The number of methoxy groups -OCH3 is 1. The standard InChI is InChI=1S/C31H31ClN4O7/c1-7-42-31(38)19(5)43-28-20(13-21(32)14-26(28)36(39)40)16-33-35-29(34-25-11-9-8-10-22(25)30(35)37)24-15-23(17(2)3)27(41-6)12-18(24)4/h8-17,19H,7H2,1-6H3/t19-/m0/s1. The average Bonchev–Trinajstić information content (AvgIpc) is 2.97. The number of fused-ring (bicyclic) bond motifs is 1. The van der Waals surface area contributed by atoms with E-state index >= 15 is 0 Å². The van der Waals surface area contributed by atoms with Crippen LogP contribution in [0.5, 0.6) is 11.5 Å². The van der Waals surface area contributed by atoms with Gasteiger partial charge in [-0.05, 0) is 68.1 Å². The lowest BCUT2D eigenvalue weighted by atomic mass is 9.96. The van der Waals surface area contributed by atoms with Crippen LogP contribution in [0.25, 0.3) is 22.3 Å². The molecule has 0 aliphatic heterocycles. The van der Waals surface area contributed by atoms with Gasteiger partial charge in [-0.3, -0.25) is 14.9 Å². The van der Waals surface area contributed by atoms with Gasteiger partial charge in [-0.1, -0.05) is 37.6 Å². The monoisotopic (exact) mass is 606 g/mol. The molecule has 43 heavy (non-hydrogen) atoms. The first-order valence-electron chi connectivity index (χ1n) is 13.5. The van der Waals surface area contributed by atoms with Crippen molar-refractivity contribution in [3.8, 4) is 22.9 Å². The van der Waals surface area contributed by atoms with E-state index in [1.165, 1.54) is 19.2 Å². The van der Waals surface area contributed by atoms with Crippen molar-refractivity contribution >= 4 is 40.4 Å². The Bertz CT molecular complexity index is 1800. The van der Waals surface area contributed by atoms with E-state index in [2.05, 4.69) is 5.10 Å². The summed E-state index contributed by atoms with van der Waals surface area (Å²) in [4.78, 5) is 42.1. The first-order valence-corrected chi connectivity index (χ1v) is 13.9. The molecular weight excluding hydrogens is 576 g/mol. The highest BCUT2D eigenvalue weighted by atomic mass is 35.5. The maximum Gasteiger partial charge on any atom is 0.347 e. The first kappa shape index (κ1) is 31.2. The summed E-state index contributed by atoms with van der Waals surface area (Å²) in [6.07, 6.45) is 0.0411. The third-order valence-corrected chi connectivity index (χ3v) is 6.90. The molecule has 0 bridgehead atoms. The molecule has 1 atom stereocenters. The fraction of sp³-hybridized carbons (Fsp3) is 0.290. The number of halogens is 1. The van der Waals surface area contributed by atoms with Crippen LogP contribution in [0, 0.1) is 17.0 Å². The molecule has 0 saturated carbocycles. The Kier molecular flexibility index (Phi) is 9.45. The number of benzene rings is 3. The minimum atomic E-state index is -1.18. The topological polar surface area (TPSA) is 135 Å². The maximum absolute atomic E-state index is 13.8. The Morgan fingerprint density at radius 2 is 1.91 bits per heavy atom. The fourth-order valence-corrected chi connectivity index (χ4v) is 4.76. The average molecular weight is 607 g/mol. The summed E-state index contributed by atoms with van der Waals surface area (Å²) in [5.74, 6) is 0.0955. The van der Waals surface area contributed by atoms with Crippen molar-refractivity contribution in [1.82, 2.24) is 9.66 Å². The van der Waals surface area contributed by atoms with Gasteiger partial charge in [-0.15, -0.1) is 0 Å². The van der Waals surface area contributed by atoms with Crippen LogP contribution in [0.4, 0.5) is 5.69 Å². The van der Waals surface area contributed by atoms with Gasteiger partial charge in [-0.25, -0.2) is 9.78 Å². The number of carbonyl (C=O) groups is 1. The Hall–Kier alpha value is -4.77. The summed E-state index contributed by atoms with van der Waals surface area (Å²) in [6, 6.07) is 13.2. The predicted molar refractivity (Wildman–Crippen MR) is 165 cm³/mol. The molecule has 4 aromatic rings. The molecule has 0 N–H and O–H groups in total. The minimum Gasteiger partial charge on any atom is -0.496 e. The Morgan fingerprint density at radius 1 is 1.19 bits per heavy atom. The minimum absolute atomic E-state index is 0.0288. The number of nitro benzene ring substituents is 1. The van der Waals surface area contributed by atoms with Gasteiger partial charge in [0.15, 0.2) is 11.9 Å². The lowest BCUT2D eigenvalue weighted by Crippen LogP contribution is -2.27. The number of carbonyl (C=O) groups excluding carboxylic acids is 1. The van der Waals surface area contributed by atoms with Gasteiger partial charge in [0.2, 0.25) is 5.75 Å². The van der Waals surface area contributed by atoms with E-state index in [0.29, 0.717) is 22.2 Å². The molecule has 1 aromatic heterocycles. The van der Waals surface area contributed by atoms with Crippen molar-refractivity contribution in [2.75, 3.05) is 13.7 Å². The molecule has 1 heterocycles. The molecule has 0 aliphatic rings. The highest BCUT2D eigenvalue weighted by Crippen LogP contribution is 2.36. The second-order valence-electron chi connectivity index (χ2n) is 9.99. The summed E-state index contributed by atoms with van der Waals surface area (Å²) in [7, 11) is 1.60. The maximum atomic E-state index is 13.8. The van der Waals surface area contributed by atoms with Crippen LogP contribution < -0.4 is 15.0 Å². The number of esters is 1. The van der Waals surface area contributed by atoms with Gasteiger partial charge < -0.3 is 14.2 Å². The molecule has 0 radical (unpaired) electrons. The lowest BCUT2D eigenvalue weighted by Gasteiger charge is -2.18. The van der Waals surface area contributed by atoms with E-state index in [0.717, 1.165) is 21.9 Å². The summed E-state index contributed by atoms with van der Waals surface area (Å²) in [6.45, 7) is 9.08. The van der Waals surface area contributed by atoms with Gasteiger partial charge in [0, 0.05) is 22.2 Å². The number of para-hydroxylation sites is 1. The fourth-order valence-electron chi connectivity index (χ4n) is 4.54. The van der Waals surface area contributed by atoms with E-state index in [-0.39, 0.29) is 34.7 Å². The van der Waals surface area contributed by atoms with E-state index < -0.39 is 28.2 Å². The summed E-state index contributed by atoms with van der Waals surface area (Å²) < 4.78 is 17.4. The molecule has 0 aliphatic carbocycles. The smallest absolute Gasteiger partial charge is 0.347 e. The van der Waals surface area contributed by atoms with E-state index in [4.69, 9.17) is 30.8 Å². The van der Waals surface area contributed by atoms with Crippen LogP contribution in [0.15, 0.2) is 58.4 Å². The van der Waals surface area contributed by atoms with Crippen LogP contribution in [-0.4, -0.2) is 46.6 Å². The number of aryl methyl sites for hydroxylation is 1. The Morgan fingerprint density at radius 3 is 2.56 bits per heavy atom. The van der Waals surface area contributed by atoms with Gasteiger partial charge in [0.1, 0.15) is 5.75 Å². The zero-order valence-electron chi connectivity index (χ0n) is 24.6. The zero-order valence-corrected chi connectivity index (χ0v) is 25.3. The number of nitro groups is 1. The number of aromatic nitrogens is 2. The summed E-state index contributed by atoms with van der Waals surface area (Å²) in [5, 5.41) is 16.7. The second-order valence-corrected chi connectivity index (χ2v) is 10.4. The molecule has 0 unspecified atom stereocenters. The summed E-state index contributed by atoms with van der Waals surface area (Å²) in [5.41, 5.74) is 1.94. The van der Waals surface area contributed by atoms with Gasteiger partial charge in [-0.2, -0.15) is 9.78 Å². The first-order chi connectivity index (χ1) is 20.5. The SMILES string of the molecule is CCOC(=O)[C@H](C)Oc1c(C=Nn2c(-c3cc(C(C)C)c(OC)cc3C)nc3ccccc3c2=O)cc(Cl)cc1[N+](=O)[O-]. The highest BCUT2D eigenvalue weighted by Gasteiger charge is 2.26. The third-order valence-electron chi connectivity index (χ3n) is 6.68. The van der Waals surface area contributed by atoms with E-state index in [9.17, 15) is 19.7 Å². The number of hydrogen-bond donors (Lipinski definition) is 0. The van der Waals surface area contributed by atoms with Crippen molar-refractivity contribution in [2.45, 2.75) is 46.6 Å². The van der Waals surface area contributed by atoms with Crippen molar-refractivity contribution in [3.63, 3.8) is 0 Å². The normalized spacial score (nSPS) is 12.1. The molecule has 12 heteroatoms. The number of ether oxygens (including phenoxy) is 3. The molecule has 11 nitrogen and oxygen atoms in total. The number of nitrogens with zero attached hydrogens (tertiary/aromatic N) is 4. The number of rotatable bonds is 10. The van der Waals surface area contributed by atoms with Crippen LogP contribution in [0.2, 0.25) is 5.02 Å². The van der Waals surface area contributed by atoms with Crippen molar-refractivity contribution in [3.05, 3.63) is 90.7 Å². The molecule has 3 aromatic carbocycles. The lowest BCUT2D eigenvalue weighted by molar-refractivity contribution is -0.386. The highest BCUT2D eigenvalue weighted by molar-refractivity contribution is 6.31. The molecule has 4 rings (SSSR count). The second kappa shape index (κ2) is 13.0. The summed E-state index contributed by atoms with van der Waals surface area (Å²) >= 11 is 6.22. The van der Waals surface area contributed by atoms with Crippen molar-refractivity contribution < 1.29 is 23.9 Å². The zero-order chi connectivity index (χ0) is 31.4. The van der Waals surface area contributed by atoms with Crippen LogP contribution in [0.1, 0.15) is 50.3 Å². The number of hydrogen-bond acceptors (Lipinski definition) is 9. The van der Waals surface area contributed by atoms with Crippen molar-refractivity contribution in [2.24, 2.45) is 5.10 Å². The largest absolute Gasteiger partial charge is 0.496 e. The molecule has 0 saturated heterocycles. The van der Waals surface area contributed by atoms with Crippen LogP contribution in [0.3, 0.4) is 0 Å². The van der Waals surface area contributed by atoms with Crippen molar-refractivity contribution in [1.29, 1.82) is 0 Å². The molecule has 224 valence electrons. The molecule has 0 spiro atoms. The van der Waals surface area contributed by atoms with E-state index in [1.54, 1.807) is 38.3 Å².